The topological polar surface area (TPSA) is 83.5 Å². The van der Waals surface area contributed by atoms with Gasteiger partial charge in [0.2, 0.25) is 0 Å². The number of sulfonamides is 1. The number of benzene rings is 1. The van der Waals surface area contributed by atoms with Gasteiger partial charge in [0, 0.05) is 15.5 Å². The molecule has 0 bridgehead atoms. The van der Waals surface area contributed by atoms with Gasteiger partial charge in [0.05, 0.1) is 0 Å². The summed E-state index contributed by atoms with van der Waals surface area (Å²) in [6.07, 6.45) is 1.90. The van der Waals surface area contributed by atoms with Gasteiger partial charge < -0.3 is 5.11 Å². The number of hydrogen-bond acceptors (Lipinski definition) is 5. The molecule has 2 N–H and O–H groups in total. The molecule has 0 saturated carbocycles. The number of hydrogen-bond donors (Lipinski definition) is 2. The minimum atomic E-state index is -3.79. The fraction of sp³-hybridized carbons (Fsp3) is 0.154. The Kier molecular flexibility index (Phi) is 4.60. The first-order chi connectivity index (χ1) is 9.83. The zero-order chi connectivity index (χ0) is 15.6. The monoisotopic (exact) mass is 343 g/mol. The second kappa shape index (κ2) is 6.08. The molecule has 2 rings (SSSR count). The smallest absolute Gasteiger partial charge is 0.345 e. The fourth-order valence-corrected chi connectivity index (χ4v) is 4.67. The highest BCUT2D eigenvalue weighted by Crippen LogP contribution is 2.28. The Bertz CT molecular complexity index is 780. The summed E-state index contributed by atoms with van der Waals surface area (Å²) in [5, 5.41) is 8.94. The summed E-state index contributed by atoms with van der Waals surface area (Å²) < 4.78 is 27.2. The Morgan fingerprint density at radius 2 is 2.05 bits per heavy atom. The molecule has 0 saturated heterocycles. The van der Waals surface area contributed by atoms with Gasteiger partial charge in [-0.25, -0.2) is 13.2 Å². The summed E-state index contributed by atoms with van der Waals surface area (Å²) in [5.74, 6) is -1.13. The van der Waals surface area contributed by atoms with Crippen LogP contribution in [0.15, 0.2) is 40.1 Å². The number of aromatic carboxylic acids is 1. The van der Waals surface area contributed by atoms with Crippen molar-refractivity contribution in [2.24, 2.45) is 0 Å². The maximum atomic E-state index is 12.4. The van der Waals surface area contributed by atoms with Crippen LogP contribution in [0.5, 0.6) is 0 Å². The molecule has 0 radical (unpaired) electrons. The van der Waals surface area contributed by atoms with Crippen molar-refractivity contribution in [1.82, 2.24) is 0 Å². The Balaban J connectivity index is 2.36. The third-order valence-electron chi connectivity index (χ3n) is 2.69. The average Bonchev–Trinajstić information content (AvgIpc) is 2.81. The minimum Gasteiger partial charge on any atom is -0.477 e. The van der Waals surface area contributed by atoms with E-state index in [1.807, 2.05) is 12.3 Å². The van der Waals surface area contributed by atoms with Crippen LogP contribution in [0, 0.1) is 6.92 Å². The lowest BCUT2D eigenvalue weighted by Crippen LogP contribution is -2.13. The predicted molar refractivity (Wildman–Crippen MR) is 85.0 cm³/mol. The molecule has 0 fully saturated rings. The van der Waals surface area contributed by atoms with Crippen molar-refractivity contribution in [2.75, 3.05) is 11.0 Å². The van der Waals surface area contributed by atoms with E-state index in [4.69, 9.17) is 5.11 Å². The molecule has 21 heavy (non-hydrogen) atoms. The average molecular weight is 343 g/mol. The molecule has 0 aliphatic heterocycles. The van der Waals surface area contributed by atoms with E-state index in [2.05, 4.69) is 4.72 Å². The fourth-order valence-electron chi connectivity index (χ4n) is 1.73. The minimum absolute atomic E-state index is 0.000505. The number of carboxylic acid groups (broad SMARTS) is 1. The van der Waals surface area contributed by atoms with Gasteiger partial charge in [0.15, 0.2) is 0 Å². The summed E-state index contributed by atoms with van der Waals surface area (Å²) in [5.41, 5.74) is 0.448. The molecule has 0 aliphatic rings. The van der Waals surface area contributed by atoms with E-state index >= 15 is 0 Å². The first kappa shape index (κ1) is 15.9. The van der Waals surface area contributed by atoms with E-state index in [9.17, 15) is 13.2 Å². The molecule has 8 heteroatoms. The van der Waals surface area contributed by atoms with Crippen LogP contribution in [0.3, 0.4) is 0 Å². The van der Waals surface area contributed by atoms with E-state index < -0.39 is 16.0 Å². The molecule has 5 nitrogen and oxygen atoms in total. The zero-order valence-electron chi connectivity index (χ0n) is 11.3. The van der Waals surface area contributed by atoms with E-state index in [0.717, 1.165) is 16.2 Å². The molecule has 0 aliphatic carbocycles. The first-order valence-electron chi connectivity index (χ1n) is 5.84. The van der Waals surface area contributed by atoms with Crippen molar-refractivity contribution >= 4 is 44.8 Å². The van der Waals surface area contributed by atoms with Crippen molar-refractivity contribution in [2.45, 2.75) is 16.7 Å². The van der Waals surface area contributed by atoms with Crippen molar-refractivity contribution in [1.29, 1.82) is 0 Å². The quantitative estimate of drug-likeness (QED) is 0.814. The second-order valence-electron chi connectivity index (χ2n) is 4.17. The van der Waals surface area contributed by atoms with Crippen molar-refractivity contribution in [3.63, 3.8) is 0 Å². The normalized spacial score (nSPS) is 11.3. The Labute approximate surface area is 131 Å². The molecule has 1 aromatic heterocycles. The summed E-state index contributed by atoms with van der Waals surface area (Å²) in [7, 11) is -3.79. The largest absolute Gasteiger partial charge is 0.477 e. The summed E-state index contributed by atoms with van der Waals surface area (Å²) in [6.45, 7) is 1.59. The van der Waals surface area contributed by atoms with Crippen LogP contribution in [-0.2, 0) is 10.0 Å². The van der Waals surface area contributed by atoms with Gasteiger partial charge in [-0.05, 0) is 37.4 Å². The Morgan fingerprint density at radius 3 is 2.62 bits per heavy atom. The van der Waals surface area contributed by atoms with E-state index in [0.29, 0.717) is 10.6 Å². The number of carboxylic acids is 1. The summed E-state index contributed by atoms with van der Waals surface area (Å²) >= 11 is 2.45. The van der Waals surface area contributed by atoms with Gasteiger partial charge in [-0.3, -0.25) is 4.72 Å². The molecule has 0 amide bonds. The van der Waals surface area contributed by atoms with E-state index in [1.165, 1.54) is 17.8 Å². The Hall–Kier alpha value is -1.51. The van der Waals surface area contributed by atoms with Crippen LogP contribution in [0.25, 0.3) is 0 Å². The molecular formula is C13H13NO4S3. The molecule has 2 aromatic rings. The lowest BCUT2D eigenvalue weighted by molar-refractivity contribution is 0.0702. The maximum Gasteiger partial charge on any atom is 0.345 e. The highest BCUT2D eigenvalue weighted by molar-refractivity contribution is 7.98. The number of nitrogens with one attached hydrogen (secondary N) is 1. The van der Waals surface area contributed by atoms with Crippen molar-refractivity contribution < 1.29 is 18.3 Å². The van der Waals surface area contributed by atoms with Crippen LogP contribution < -0.4 is 4.72 Å². The molecule has 0 spiro atoms. The lowest BCUT2D eigenvalue weighted by Gasteiger charge is -2.08. The van der Waals surface area contributed by atoms with Crippen LogP contribution in [0.4, 0.5) is 5.69 Å². The van der Waals surface area contributed by atoms with Gasteiger partial charge in [0.1, 0.15) is 9.77 Å². The third kappa shape index (κ3) is 3.58. The lowest BCUT2D eigenvalue weighted by atomic mass is 10.3. The van der Waals surface area contributed by atoms with Gasteiger partial charge >= 0.3 is 5.97 Å². The molecule has 1 aromatic carbocycles. The molecule has 112 valence electrons. The first-order valence-corrected chi connectivity index (χ1v) is 9.36. The number of anilines is 1. The maximum absolute atomic E-state index is 12.4. The van der Waals surface area contributed by atoms with Crippen LogP contribution >= 0.6 is 23.1 Å². The molecular weight excluding hydrogens is 330 g/mol. The van der Waals surface area contributed by atoms with Gasteiger partial charge in [-0.15, -0.1) is 23.1 Å². The van der Waals surface area contributed by atoms with E-state index in [-0.39, 0.29) is 9.77 Å². The SMILES string of the molecule is CSc1cccc(NS(=O)(=O)c2cc(C(=O)O)sc2C)c1. The van der Waals surface area contributed by atoms with Gasteiger partial charge in [-0.2, -0.15) is 0 Å². The van der Waals surface area contributed by atoms with Gasteiger partial charge in [0.25, 0.3) is 10.0 Å². The summed E-state index contributed by atoms with van der Waals surface area (Å²) in [4.78, 5) is 12.3. The molecule has 0 unspecified atom stereocenters. The van der Waals surface area contributed by atoms with Crippen LogP contribution in [-0.4, -0.2) is 25.7 Å². The number of aryl methyl sites for hydroxylation is 1. The highest BCUT2D eigenvalue weighted by Gasteiger charge is 2.22. The highest BCUT2D eigenvalue weighted by atomic mass is 32.2. The number of rotatable bonds is 5. The second-order valence-corrected chi connectivity index (χ2v) is 7.96. The van der Waals surface area contributed by atoms with Crippen LogP contribution in [0.1, 0.15) is 14.5 Å². The summed E-state index contributed by atoms with van der Waals surface area (Å²) in [6, 6.07) is 8.19. The third-order valence-corrected chi connectivity index (χ3v) is 6.10. The molecule has 1 heterocycles. The Morgan fingerprint density at radius 1 is 1.33 bits per heavy atom. The zero-order valence-corrected chi connectivity index (χ0v) is 13.7. The van der Waals surface area contributed by atoms with Crippen LogP contribution in [0.2, 0.25) is 0 Å². The number of thioether (sulfide) groups is 1. The van der Waals surface area contributed by atoms with Crippen molar-refractivity contribution in [3.05, 3.63) is 40.1 Å². The standard InChI is InChI=1S/C13H13NO4S3/c1-8-12(7-11(20-8)13(15)16)21(17,18)14-9-4-3-5-10(6-9)19-2/h3-7,14H,1-2H3,(H,15,16). The number of thiophene rings is 1. The van der Waals surface area contributed by atoms with Crippen molar-refractivity contribution in [3.8, 4) is 0 Å². The predicted octanol–water partition coefficient (Wildman–Crippen LogP) is 3.28. The van der Waals surface area contributed by atoms with Gasteiger partial charge in [-0.1, -0.05) is 6.07 Å². The number of carbonyl (C=O) groups is 1. The van der Waals surface area contributed by atoms with E-state index in [1.54, 1.807) is 25.1 Å². The molecule has 0 atom stereocenters.